The summed E-state index contributed by atoms with van der Waals surface area (Å²) in [6.07, 6.45) is 6.06. The molecule has 2 aliphatic heterocycles. The van der Waals surface area contributed by atoms with Gasteiger partial charge in [0.1, 0.15) is 12.4 Å². The smallest absolute Gasteiger partial charge is 0.247 e. The van der Waals surface area contributed by atoms with Crippen molar-refractivity contribution in [1.29, 1.82) is 5.26 Å². The Kier molecular flexibility index (Phi) is 5.65. The summed E-state index contributed by atoms with van der Waals surface area (Å²) in [7, 11) is 1.53. The number of nitrogens with one attached hydrogen (secondary N) is 1. The Morgan fingerprint density at radius 2 is 2.19 bits per heavy atom. The fraction of sp³-hybridized carbons (Fsp3) is 0.250. The van der Waals surface area contributed by atoms with Crippen LogP contribution < -0.4 is 20.5 Å². The zero-order chi connectivity index (χ0) is 22.8. The number of hydrogen-bond donors (Lipinski definition) is 2. The predicted molar refractivity (Wildman–Crippen MR) is 121 cm³/mol. The van der Waals surface area contributed by atoms with Crippen LogP contribution in [0.1, 0.15) is 41.5 Å². The van der Waals surface area contributed by atoms with E-state index >= 15 is 0 Å². The first kappa shape index (κ1) is 21.1. The summed E-state index contributed by atoms with van der Waals surface area (Å²) in [6.45, 7) is 4.08. The maximum atomic E-state index is 12.6. The quantitative estimate of drug-likeness (QED) is 0.726. The average molecular weight is 429 g/mol. The van der Waals surface area contributed by atoms with E-state index in [4.69, 9.17) is 15.2 Å². The number of amides is 1. The highest BCUT2D eigenvalue weighted by Crippen LogP contribution is 2.48. The molecule has 0 unspecified atom stereocenters. The number of methoxy groups -OCH3 is 1. The number of ether oxygens (including phenoxy) is 2. The standard InChI is InChI=1S/C24H23N5O3/c1-13-10-28-24(32-12-16-6-7-27-11-16)21-20(19(23(26)30)14(2)29-22(13)21)17-5-4-15(9-25)8-18(17)31-3/h4-5,7-8,10-11,20,29H,6,12H2,1-3H3,(H2,26,30)/t20-/m0/s1. The number of fused-ring (bicyclic) bond motifs is 1. The number of rotatable bonds is 6. The van der Waals surface area contributed by atoms with E-state index in [0.717, 1.165) is 23.2 Å². The first-order valence-corrected chi connectivity index (χ1v) is 10.1. The molecule has 1 amide bonds. The number of aryl methyl sites for hydroxylation is 1. The number of nitriles is 1. The fourth-order valence-corrected chi connectivity index (χ4v) is 4.07. The van der Waals surface area contributed by atoms with Gasteiger partial charge in [-0.05, 0) is 37.1 Å². The lowest BCUT2D eigenvalue weighted by Crippen LogP contribution is -2.28. The molecule has 8 heteroatoms. The first-order valence-electron chi connectivity index (χ1n) is 10.1. The molecule has 1 aromatic carbocycles. The molecule has 3 heterocycles. The summed E-state index contributed by atoms with van der Waals surface area (Å²) in [5.41, 5.74) is 11.5. The highest BCUT2D eigenvalue weighted by Gasteiger charge is 2.37. The predicted octanol–water partition coefficient (Wildman–Crippen LogP) is 3.32. The van der Waals surface area contributed by atoms with Crippen LogP contribution >= 0.6 is 0 Å². The Morgan fingerprint density at radius 1 is 1.38 bits per heavy atom. The van der Waals surface area contributed by atoms with Gasteiger partial charge in [-0.1, -0.05) is 6.07 Å². The van der Waals surface area contributed by atoms with E-state index in [1.165, 1.54) is 7.11 Å². The largest absolute Gasteiger partial charge is 0.496 e. The zero-order valence-electron chi connectivity index (χ0n) is 18.1. The lowest BCUT2D eigenvalue weighted by atomic mass is 9.79. The van der Waals surface area contributed by atoms with E-state index in [1.54, 1.807) is 30.6 Å². The van der Waals surface area contributed by atoms with Crippen molar-refractivity contribution in [3.05, 3.63) is 69.7 Å². The van der Waals surface area contributed by atoms with Crippen LogP contribution in [0.4, 0.5) is 5.69 Å². The van der Waals surface area contributed by atoms with E-state index < -0.39 is 11.8 Å². The van der Waals surface area contributed by atoms with Crippen LogP contribution in [-0.2, 0) is 4.79 Å². The van der Waals surface area contributed by atoms with Gasteiger partial charge in [0.15, 0.2) is 0 Å². The van der Waals surface area contributed by atoms with Crippen molar-refractivity contribution in [1.82, 2.24) is 4.98 Å². The highest BCUT2D eigenvalue weighted by atomic mass is 16.5. The number of nitrogens with two attached hydrogens (primary N) is 1. The van der Waals surface area contributed by atoms with Gasteiger partial charge in [0, 0.05) is 41.9 Å². The molecule has 2 aromatic rings. The third-order valence-electron chi connectivity index (χ3n) is 5.61. The topological polar surface area (TPSA) is 123 Å². The number of benzene rings is 1. The number of hydrogen-bond acceptors (Lipinski definition) is 7. The van der Waals surface area contributed by atoms with E-state index in [0.29, 0.717) is 46.2 Å². The van der Waals surface area contributed by atoms with Crippen molar-refractivity contribution in [2.24, 2.45) is 10.7 Å². The van der Waals surface area contributed by atoms with Crippen molar-refractivity contribution >= 4 is 17.8 Å². The molecule has 4 rings (SSSR count). The van der Waals surface area contributed by atoms with Crippen LogP contribution in [-0.4, -0.2) is 30.8 Å². The van der Waals surface area contributed by atoms with Gasteiger partial charge in [-0.3, -0.25) is 9.79 Å². The summed E-state index contributed by atoms with van der Waals surface area (Å²) in [6, 6.07) is 7.24. The Balaban J connectivity index is 1.91. The van der Waals surface area contributed by atoms with E-state index in [2.05, 4.69) is 21.4 Å². The van der Waals surface area contributed by atoms with Crippen molar-refractivity contribution in [3.63, 3.8) is 0 Å². The van der Waals surface area contributed by atoms with E-state index in [1.807, 2.05) is 20.1 Å². The van der Waals surface area contributed by atoms with E-state index in [9.17, 15) is 10.1 Å². The van der Waals surface area contributed by atoms with Crippen LogP contribution in [0.3, 0.4) is 0 Å². The summed E-state index contributed by atoms with van der Waals surface area (Å²) in [5, 5.41) is 12.6. The number of nitrogens with zero attached hydrogens (tertiary/aromatic N) is 3. The fourth-order valence-electron chi connectivity index (χ4n) is 4.07. The van der Waals surface area contributed by atoms with Gasteiger partial charge in [-0.25, -0.2) is 4.98 Å². The maximum absolute atomic E-state index is 12.6. The van der Waals surface area contributed by atoms with Gasteiger partial charge in [-0.15, -0.1) is 0 Å². The molecule has 0 fully saturated rings. The molecular weight excluding hydrogens is 406 g/mol. The molecule has 3 N–H and O–H groups in total. The molecule has 8 nitrogen and oxygen atoms in total. The minimum absolute atomic E-state index is 0.328. The lowest BCUT2D eigenvalue weighted by Gasteiger charge is -2.32. The Bertz CT molecular complexity index is 1240. The van der Waals surface area contributed by atoms with Crippen LogP contribution in [0.25, 0.3) is 0 Å². The number of aliphatic imine (C=N–C) groups is 1. The molecule has 32 heavy (non-hydrogen) atoms. The third kappa shape index (κ3) is 3.69. The summed E-state index contributed by atoms with van der Waals surface area (Å²) in [4.78, 5) is 21.2. The van der Waals surface area contributed by atoms with Crippen molar-refractivity contribution in [2.45, 2.75) is 26.2 Å². The minimum Gasteiger partial charge on any atom is -0.496 e. The van der Waals surface area contributed by atoms with Gasteiger partial charge in [0.25, 0.3) is 0 Å². The second-order valence-corrected chi connectivity index (χ2v) is 7.68. The number of primary amides is 1. The molecule has 0 spiro atoms. The monoisotopic (exact) mass is 429 g/mol. The summed E-state index contributed by atoms with van der Waals surface area (Å²) in [5.74, 6) is -0.263. The van der Waals surface area contributed by atoms with Crippen molar-refractivity contribution in [3.8, 4) is 17.7 Å². The Morgan fingerprint density at radius 3 is 2.84 bits per heavy atom. The SMILES string of the molecule is COc1cc(C#N)ccc1[C@H]1C(C(N)=O)=C(C)Nc2c(C)cnc(OCC3=CN=CC3)c21. The van der Waals surface area contributed by atoms with Gasteiger partial charge >= 0.3 is 0 Å². The number of anilines is 1. The lowest BCUT2D eigenvalue weighted by molar-refractivity contribution is -0.114. The minimum atomic E-state index is -0.581. The Hall–Kier alpha value is -4.12. The molecular formula is C24H23N5O3. The molecule has 1 aromatic heterocycles. The van der Waals surface area contributed by atoms with Crippen LogP contribution in [0, 0.1) is 18.3 Å². The average Bonchev–Trinajstić information content (AvgIpc) is 3.31. The van der Waals surface area contributed by atoms with Crippen LogP contribution in [0.2, 0.25) is 0 Å². The van der Waals surface area contributed by atoms with Gasteiger partial charge in [0.2, 0.25) is 11.8 Å². The normalized spacial score (nSPS) is 16.7. The molecule has 0 saturated carbocycles. The van der Waals surface area contributed by atoms with Gasteiger partial charge < -0.3 is 20.5 Å². The van der Waals surface area contributed by atoms with Gasteiger partial charge in [-0.2, -0.15) is 5.26 Å². The van der Waals surface area contributed by atoms with Crippen molar-refractivity contribution < 1.29 is 14.3 Å². The Labute approximate surface area is 186 Å². The number of carbonyl (C=O) groups excluding carboxylic acids is 1. The second kappa shape index (κ2) is 8.55. The number of pyridine rings is 1. The van der Waals surface area contributed by atoms with Gasteiger partial charge in [0.05, 0.1) is 35.9 Å². The third-order valence-corrected chi connectivity index (χ3v) is 5.61. The number of allylic oxidation sites excluding steroid dienone is 1. The molecule has 162 valence electrons. The molecule has 0 aliphatic carbocycles. The molecule has 0 bridgehead atoms. The number of carbonyl (C=O) groups is 1. The van der Waals surface area contributed by atoms with Crippen molar-refractivity contribution in [2.75, 3.05) is 19.0 Å². The molecule has 0 radical (unpaired) electrons. The number of aromatic nitrogens is 1. The van der Waals surface area contributed by atoms with E-state index in [-0.39, 0.29) is 0 Å². The van der Waals surface area contributed by atoms with Crippen LogP contribution in [0.5, 0.6) is 11.6 Å². The zero-order valence-corrected chi connectivity index (χ0v) is 18.1. The summed E-state index contributed by atoms with van der Waals surface area (Å²) < 4.78 is 11.7. The summed E-state index contributed by atoms with van der Waals surface area (Å²) >= 11 is 0. The van der Waals surface area contributed by atoms with Crippen LogP contribution in [0.15, 0.2) is 52.4 Å². The molecule has 2 aliphatic rings. The highest BCUT2D eigenvalue weighted by molar-refractivity contribution is 5.98. The maximum Gasteiger partial charge on any atom is 0.247 e. The first-order chi connectivity index (χ1) is 15.4. The molecule has 1 atom stereocenters. The molecule has 0 saturated heterocycles. The second-order valence-electron chi connectivity index (χ2n) is 7.68.